The van der Waals surface area contributed by atoms with Crippen molar-refractivity contribution in [1.29, 1.82) is 0 Å². The largest absolute Gasteiger partial charge is 0.469 e. The van der Waals surface area contributed by atoms with Gasteiger partial charge in [0.05, 0.1) is 51.6 Å². The highest BCUT2D eigenvalue weighted by atomic mass is 16.6. The normalized spacial score (nSPS) is 45.1. The molecule has 2 N–H and O–H groups in total. The first-order valence-electron chi connectivity index (χ1n) is 42.6. The summed E-state index contributed by atoms with van der Waals surface area (Å²) >= 11 is 0. The molecule has 0 aromatic rings. The number of fused-ring (bicyclic) bond motifs is 19. The first-order chi connectivity index (χ1) is 48.8. The quantitative estimate of drug-likeness (QED) is 0.0739. The van der Waals surface area contributed by atoms with Gasteiger partial charge in [-0.05, 0) is 344 Å². The number of hydrogen-bond acceptors (Lipinski definition) is 16. The second-order valence-corrected chi connectivity index (χ2v) is 41.4. The predicted molar refractivity (Wildman–Crippen MR) is 394 cm³/mol. The molecule has 16 nitrogen and oxygen atoms in total. The fourth-order valence-corrected chi connectivity index (χ4v) is 26.7. The molecule has 0 radical (unpaired) electrons. The minimum absolute atomic E-state index is 0.0378. The summed E-state index contributed by atoms with van der Waals surface area (Å²) in [5.41, 5.74) is -3.51. The van der Waals surface area contributed by atoms with E-state index in [1.165, 1.54) is 64.9 Å². The van der Waals surface area contributed by atoms with Crippen molar-refractivity contribution in [3.8, 4) is 0 Å². The molecule has 19 fully saturated rings. The van der Waals surface area contributed by atoms with Crippen molar-refractivity contribution in [2.75, 3.05) is 7.11 Å². The maximum absolute atomic E-state index is 12.7. The molecule has 0 spiro atoms. The second kappa shape index (κ2) is 28.2. The fourth-order valence-electron chi connectivity index (χ4n) is 26.7. The van der Waals surface area contributed by atoms with E-state index in [0.717, 1.165) is 168 Å². The van der Waals surface area contributed by atoms with E-state index >= 15 is 0 Å². The first-order valence-corrected chi connectivity index (χ1v) is 42.6. The Morgan fingerprint density at radius 2 is 0.817 bits per heavy atom. The third-order valence-electron chi connectivity index (χ3n) is 33.8. The summed E-state index contributed by atoms with van der Waals surface area (Å²) in [6.45, 7) is 34.2. The maximum Gasteiger partial charge on any atom is 0.312 e. The third kappa shape index (κ3) is 13.5. The van der Waals surface area contributed by atoms with Crippen LogP contribution >= 0.6 is 0 Å². The lowest BCUT2D eigenvalue weighted by molar-refractivity contribution is -0.227. The van der Waals surface area contributed by atoms with Gasteiger partial charge in [0, 0.05) is 23.7 Å². The summed E-state index contributed by atoms with van der Waals surface area (Å²) in [6, 6.07) is 0. The van der Waals surface area contributed by atoms with Crippen LogP contribution in [0.1, 0.15) is 297 Å². The predicted octanol–water partition coefficient (Wildman–Crippen LogP) is 16.8. The Morgan fingerprint density at radius 1 is 0.423 bits per heavy atom. The zero-order valence-electron chi connectivity index (χ0n) is 67.4. The molecule has 25 unspecified atom stereocenters. The molecular weight excluding hydrogens is 1310 g/mol. The summed E-state index contributed by atoms with van der Waals surface area (Å²) in [4.78, 5) is 86.5. The van der Waals surface area contributed by atoms with Gasteiger partial charge in [0.2, 0.25) is 0 Å². The van der Waals surface area contributed by atoms with Crippen molar-refractivity contribution < 1.29 is 76.9 Å². The fraction of sp³-hybridized carbons (Fsp3) is 0.920. The van der Waals surface area contributed by atoms with E-state index in [2.05, 4.69) is 27.7 Å². The van der Waals surface area contributed by atoms with Gasteiger partial charge < -0.3 is 43.4 Å². The van der Waals surface area contributed by atoms with Crippen molar-refractivity contribution in [1.82, 2.24) is 0 Å². The number of methoxy groups -OCH3 is 1. The molecule has 1 heterocycles. The number of carbonyl (C=O) groups is 7. The van der Waals surface area contributed by atoms with E-state index in [-0.39, 0.29) is 87.3 Å². The van der Waals surface area contributed by atoms with Gasteiger partial charge in [-0.2, -0.15) is 0 Å². The lowest BCUT2D eigenvalue weighted by Crippen LogP contribution is -2.62. The summed E-state index contributed by atoms with van der Waals surface area (Å²) in [5, 5.41) is 21.4. The molecule has 19 rings (SSSR count). The van der Waals surface area contributed by atoms with E-state index < -0.39 is 52.0 Å². The van der Waals surface area contributed by atoms with E-state index in [0.29, 0.717) is 60.2 Å². The van der Waals surface area contributed by atoms with Crippen LogP contribution < -0.4 is 0 Å². The average molecular weight is 1450 g/mol. The number of hydrogen-bond donors (Lipinski definition) is 2. The van der Waals surface area contributed by atoms with E-state index in [1.54, 1.807) is 0 Å². The Morgan fingerprint density at radius 3 is 1.22 bits per heavy atom. The van der Waals surface area contributed by atoms with Crippen molar-refractivity contribution >= 4 is 41.8 Å². The molecule has 0 aromatic carbocycles. The molecule has 18 bridgehead atoms. The van der Waals surface area contributed by atoms with Gasteiger partial charge in [0.25, 0.3) is 0 Å². The Hall–Kier alpha value is -3.79. The number of esters is 7. The van der Waals surface area contributed by atoms with Gasteiger partial charge in [0.15, 0.2) is 0 Å². The summed E-state index contributed by atoms with van der Waals surface area (Å²) in [5.74, 6) is 11.5. The summed E-state index contributed by atoms with van der Waals surface area (Å²) < 4.78 is 40.2. The maximum atomic E-state index is 12.7. The van der Waals surface area contributed by atoms with Crippen LogP contribution in [-0.2, 0) is 66.7 Å². The lowest BCUT2D eigenvalue weighted by Gasteiger charge is -2.58. The highest BCUT2D eigenvalue weighted by Gasteiger charge is 2.72. The number of carbonyl (C=O) groups excluding carboxylic acids is 7. The number of rotatable bonds is 18. The van der Waals surface area contributed by atoms with Crippen molar-refractivity contribution in [2.24, 2.45) is 157 Å². The van der Waals surface area contributed by atoms with Crippen molar-refractivity contribution in [3.63, 3.8) is 0 Å². The molecule has 18 saturated carbocycles. The van der Waals surface area contributed by atoms with Crippen LogP contribution in [0.5, 0.6) is 0 Å². The van der Waals surface area contributed by atoms with Crippen molar-refractivity contribution in [2.45, 2.75) is 344 Å². The monoisotopic (exact) mass is 1450 g/mol. The zero-order chi connectivity index (χ0) is 75.3. The number of aliphatic hydroxyl groups is 2. The van der Waals surface area contributed by atoms with Gasteiger partial charge >= 0.3 is 41.8 Å². The Kier molecular flexibility index (Phi) is 21.2. The zero-order valence-corrected chi connectivity index (χ0v) is 67.4. The first kappa shape index (κ1) is 78.3. The molecule has 1 saturated heterocycles. The third-order valence-corrected chi connectivity index (χ3v) is 33.8. The molecule has 25 atom stereocenters. The summed E-state index contributed by atoms with van der Waals surface area (Å²) in [7, 11) is 1.31. The van der Waals surface area contributed by atoms with Gasteiger partial charge in [-0.1, -0.05) is 48.5 Å². The Labute approximate surface area is 624 Å². The lowest BCUT2D eigenvalue weighted by atomic mass is 9.53. The average Bonchev–Trinajstić information content (AvgIpc) is 1.52. The minimum Gasteiger partial charge on any atom is -0.469 e. The Balaban J connectivity index is 0.000000116. The van der Waals surface area contributed by atoms with Crippen LogP contribution in [0.25, 0.3) is 0 Å². The molecule has 586 valence electrons. The standard InChI is InChI=1S/2C20H32O2.C16H22O6.2C16H26O3/c2*1-5-19(3,4)18(21)22-20(6-2)11-14-10-15(20)17-13-8-7-12(9-13)16(14)17;1-5-16(2,3)15(19)22-12-7-6-8-10(9(7)13(17)20-4)14(18)21-11(8)12;1-4-15(2,3)14(17)19-13-12-6-10-5-11(7-12)9-16(13,18)8-10;1-4-15(2,3)14(17)19-13-11-5-10-6-12(13)9-16(18,7-10)8-11/h2*12-17H,5-11H2,1-4H3;7-12H,5-6H2,1-4H3;2*10-13,18H,4-9H2,1-3H3. The van der Waals surface area contributed by atoms with Crippen LogP contribution in [0, 0.1) is 157 Å². The van der Waals surface area contributed by atoms with Gasteiger partial charge in [-0.25, -0.2) is 0 Å². The smallest absolute Gasteiger partial charge is 0.312 e. The molecule has 1 aliphatic heterocycles. The molecular formula is C88H138O16. The van der Waals surface area contributed by atoms with Crippen LogP contribution in [0.15, 0.2) is 0 Å². The van der Waals surface area contributed by atoms with E-state index in [1.807, 2.05) is 90.0 Å². The van der Waals surface area contributed by atoms with Crippen LogP contribution in [0.4, 0.5) is 0 Å². The molecule has 16 heteroatoms. The molecule has 0 amide bonds. The highest BCUT2D eigenvalue weighted by Crippen LogP contribution is 2.73. The SMILES string of the molecule is CCC(C)(C)C(=O)OC1(CC)CC2CC1C1C3CCC(C3)C21.CCC(C)(C)C(=O)OC1(CC)CC2CC1C1C3CCC(C3)C21.CCC(C)(C)C(=O)OC1C2CC3C1OC(=O)C3C2C(=O)OC.CCC(C)(C)C(=O)OC1C2CC3CC(C2)CC1(O)C3.CCC(C)(C)C(=O)OC1C2CC3CC1CC(O)(C3)C2. The van der Waals surface area contributed by atoms with Gasteiger partial charge in [-0.3, -0.25) is 33.6 Å². The molecule has 18 aliphatic carbocycles. The molecule has 104 heavy (non-hydrogen) atoms. The molecule has 0 aromatic heterocycles. The highest BCUT2D eigenvalue weighted by molar-refractivity contribution is 5.86. The van der Waals surface area contributed by atoms with Crippen LogP contribution in [0.3, 0.4) is 0 Å². The van der Waals surface area contributed by atoms with E-state index in [9.17, 15) is 43.8 Å². The van der Waals surface area contributed by atoms with Gasteiger partial charge in [-0.15, -0.1) is 0 Å². The van der Waals surface area contributed by atoms with Crippen LogP contribution in [0.2, 0.25) is 0 Å². The number of ether oxygens (including phenoxy) is 7. The Bertz CT molecular complexity index is 3110. The van der Waals surface area contributed by atoms with E-state index in [4.69, 9.17) is 33.2 Å². The topological polar surface area (TPSA) is 225 Å². The summed E-state index contributed by atoms with van der Waals surface area (Å²) in [6.07, 6.45) is 29.5. The minimum atomic E-state index is -0.728. The van der Waals surface area contributed by atoms with Crippen LogP contribution in [-0.4, -0.2) is 106 Å². The van der Waals surface area contributed by atoms with Gasteiger partial charge in [0.1, 0.15) is 41.2 Å². The van der Waals surface area contributed by atoms with Crippen molar-refractivity contribution in [3.05, 3.63) is 0 Å². The molecule has 19 aliphatic rings. The second-order valence-electron chi connectivity index (χ2n) is 41.4.